The van der Waals surface area contributed by atoms with Gasteiger partial charge in [-0.3, -0.25) is 14.5 Å². The fourth-order valence-electron chi connectivity index (χ4n) is 4.28. The first kappa shape index (κ1) is 24.1. The van der Waals surface area contributed by atoms with Crippen molar-refractivity contribution in [3.8, 4) is 5.75 Å². The van der Waals surface area contributed by atoms with Gasteiger partial charge in [-0.2, -0.15) is 0 Å². The van der Waals surface area contributed by atoms with E-state index in [0.717, 1.165) is 27.9 Å². The molecule has 4 aromatic rings. The Labute approximate surface area is 217 Å². The Kier molecular flexibility index (Phi) is 6.86. The molecule has 0 saturated heterocycles. The van der Waals surface area contributed by atoms with Gasteiger partial charge in [-0.15, -0.1) is 0 Å². The minimum Gasteiger partial charge on any atom is -0.449 e. The van der Waals surface area contributed by atoms with Crippen molar-refractivity contribution in [2.75, 3.05) is 4.90 Å². The number of carbonyl (C=O) groups is 2. The lowest BCUT2D eigenvalue weighted by Crippen LogP contribution is -2.36. The van der Waals surface area contributed by atoms with E-state index in [2.05, 4.69) is 11.4 Å². The summed E-state index contributed by atoms with van der Waals surface area (Å²) in [6, 6.07) is 30.9. The molecular formula is C32H28N2O3. The van der Waals surface area contributed by atoms with Crippen LogP contribution in [0.4, 0.5) is 5.69 Å². The maximum atomic E-state index is 13.5. The van der Waals surface area contributed by atoms with E-state index in [0.29, 0.717) is 24.4 Å². The van der Waals surface area contributed by atoms with Crippen molar-refractivity contribution in [3.05, 3.63) is 136 Å². The summed E-state index contributed by atoms with van der Waals surface area (Å²) < 4.78 is 6.00. The Morgan fingerprint density at radius 3 is 2.35 bits per heavy atom. The van der Waals surface area contributed by atoms with E-state index in [1.165, 1.54) is 5.56 Å². The zero-order valence-corrected chi connectivity index (χ0v) is 20.9. The molecule has 0 radical (unpaired) electrons. The molecule has 0 aromatic heterocycles. The normalized spacial score (nSPS) is 13.7. The quantitative estimate of drug-likeness (QED) is 0.329. The summed E-state index contributed by atoms with van der Waals surface area (Å²) in [5.41, 5.74) is 6.48. The summed E-state index contributed by atoms with van der Waals surface area (Å²) in [6.45, 7) is 4.98. The van der Waals surface area contributed by atoms with Crippen LogP contribution in [-0.4, -0.2) is 11.8 Å². The largest absolute Gasteiger partial charge is 0.449 e. The van der Waals surface area contributed by atoms with Crippen LogP contribution in [0.5, 0.6) is 5.75 Å². The minimum atomic E-state index is -0.208. The lowest BCUT2D eigenvalue weighted by Gasteiger charge is -2.30. The van der Waals surface area contributed by atoms with E-state index >= 15 is 0 Å². The van der Waals surface area contributed by atoms with Gasteiger partial charge >= 0.3 is 0 Å². The fraction of sp³-hybridized carbons (Fsp3) is 0.125. The first-order valence-corrected chi connectivity index (χ1v) is 12.3. The second-order valence-corrected chi connectivity index (χ2v) is 9.25. The molecule has 0 unspecified atom stereocenters. The van der Waals surface area contributed by atoms with Crippen molar-refractivity contribution >= 4 is 23.6 Å². The van der Waals surface area contributed by atoms with Crippen LogP contribution in [-0.2, 0) is 17.9 Å². The van der Waals surface area contributed by atoms with E-state index in [9.17, 15) is 9.59 Å². The molecule has 0 spiro atoms. The van der Waals surface area contributed by atoms with Gasteiger partial charge < -0.3 is 10.1 Å². The van der Waals surface area contributed by atoms with E-state index < -0.39 is 0 Å². The van der Waals surface area contributed by atoms with Gasteiger partial charge in [0, 0.05) is 12.1 Å². The van der Waals surface area contributed by atoms with Gasteiger partial charge in [0.05, 0.1) is 12.2 Å². The lowest BCUT2D eigenvalue weighted by atomic mass is 10.1. The Morgan fingerprint density at radius 1 is 0.838 bits per heavy atom. The molecule has 0 atom stereocenters. The van der Waals surface area contributed by atoms with Gasteiger partial charge in [0.15, 0.2) is 11.5 Å². The van der Waals surface area contributed by atoms with Gasteiger partial charge in [-0.05, 0) is 60.9 Å². The van der Waals surface area contributed by atoms with Crippen molar-refractivity contribution in [1.29, 1.82) is 0 Å². The Hall–Kier alpha value is -4.64. The number of hydrogen-bond donors (Lipinski definition) is 1. The standard InChI is InChI=1S/C32H28N2O3/c1-22-10-12-25(13-11-22)20-33-31(35)27-16-14-24(15-17-27)19-30-32(36)34(21-26-7-5-6-23(2)18-26)28-8-3-4-9-29(28)37-30/h3-19H,20-21H2,1-2H3,(H,33,35)/b30-19+. The maximum absolute atomic E-state index is 13.5. The molecule has 1 N–H and O–H groups in total. The Morgan fingerprint density at radius 2 is 1.59 bits per heavy atom. The number of hydrogen-bond acceptors (Lipinski definition) is 3. The third-order valence-electron chi connectivity index (χ3n) is 6.30. The van der Waals surface area contributed by atoms with Crippen LogP contribution in [0, 0.1) is 13.8 Å². The van der Waals surface area contributed by atoms with Crippen molar-refractivity contribution in [1.82, 2.24) is 5.32 Å². The predicted molar refractivity (Wildman–Crippen MR) is 146 cm³/mol. The van der Waals surface area contributed by atoms with E-state index in [1.54, 1.807) is 23.1 Å². The monoisotopic (exact) mass is 488 g/mol. The van der Waals surface area contributed by atoms with Crippen LogP contribution in [0.3, 0.4) is 0 Å². The highest BCUT2D eigenvalue weighted by atomic mass is 16.5. The Bertz CT molecular complexity index is 1470. The van der Waals surface area contributed by atoms with Gasteiger partial charge in [0.1, 0.15) is 0 Å². The van der Waals surface area contributed by atoms with E-state index in [4.69, 9.17) is 4.74 Å². The number of amides is 2. The number of aryl methyl sites for hydroxylation is 2. The molecule has 2 amide bonds. The van der Waals surface area contributed by atoms with Crippen molar-refractivity contribution in [2.45, 2.75) is 26.9 Å². The number of anilines is 1. The number of fused-ring (bicyclic) bond motifs is 1. The van der Waals surface area contributed by atoms with Gasteiger partial charge in [0.2, 0.25) is 0 Å². The molecule has 0 aliphatic carbocycles. The third-order valence-corrected chi connectivity index (χ3v) is 6.30. The first-order chi connectivity index (χ1) is 18.0. The predicted octanol–water partition coefficient (Wildman–Crippen LogP) is 6.20. The fourth-order valence-corrected chi connectivity index (χ4v) is 4.28. The number of nitrogens with one attached hydrogen (secondary N) is 1. The molecule has 0 bridgehead atoms. The Balaban J connectivity index is 1.33. The van der Waals surface area contributed by atoms with Gasteiger partial charge in [-0.25, -0.2) is 0 Å². The molecule has 5 nitrogen and oxygen atoms in total. The van der Waals surface area contributed by atoms with Crippen LogP contribution in [0.15, 0.2) is 103 Å². The van der Waals surface area contributed by atoms with Gasteiger partial charge in [-0.1, -0.05) is 83.9 Å². The molecule has 0 fully saturated rings. The molecule has 4 aromatic carbocycles. The molecule has 5 rings (SSSR count). The highest BCUT2D eigenvalue weighted by Crippen LogP contribution is 2.36. The number of rotatable bonds is 6. The molecule has 0 saturated carbocycles. The number of carbonyl (C=O) groups excluding carboxylic acids is 2. The second kappa shape index (κ2) is 10.5. The third kappa shape index (κ3) is 5.62. The molecular weight excluding hydrogens is 460 g/mol. The minimum absolute atomic E-state index is 0.150. The van der Waals surface area contributed by atoms with Crippen LogP contribution in [0.1, 0.15) is 38.2 Å². The summed E-state index contributed by atoms with van der Waals surface area (Å²) in [7, 11) is 0. The smallest absolute Gasteiger partial charge is 0.294 e. The highest BCUT2D eigenvalue weighted by molar-refractivity contribution is 6.09. The van der Waals surface area contributed by atoms with Crippen molar-refractivity contribution in [2.24, 2.45) is 0 Å². The molecule has 5 heteroatoms. The highest BCUT2D eigenvalue weighted by Gasteiger charge is 2.30. The van der Waals surface area contributed by atoms with Crippen molar-refractivity contribution < 1.29 is 14.3 Å². The number of benzene rings is 4. The van der Waals surface area contributed by atoms with Crippen molar-refractivity contribution in [3.63, 3.8) is 0 Å². The molecule has 1 heterocycles. The van der Waals surface area contributed by atoms with E-state index in [-0.39, 0.29) is 17.6 Å². The van der Waals surface area contributed by atoms with Crippen LogP contribution in [0.25, 0.3) is 6.08 Å². The summed E-state index contributed by atoms with van der Waals surface area (Å²) in [6.07, 6.45) is 1.72. The SMILES string of the molecule is Cc1ccc(CNC(=O)c2ccc(/C=C3/Oc4ccccc4N(Cc4cccc(C)c4)C3=O)cc2)cc1. The lowest BCUT2D eigenvalue weighted by molar-refractivity contribution is -0.117. The zero-order valence-electron chi connectivity index (χ0n) is 20.9. The first-order valence-electron chi connectivity index (χ1n) is 12.3. The zero-order chi connectivity index (χ0) is 25.8. The summed E-state index contributed by atoms with van der Waals surface area (Å²) in [4.78, 5) is 27.8. The van der Waals surface area contributed by atoms with E-state index in [1.807, 2.05) is 92.7 Å². The summed E-state index contributed by atoms with van der Waals surface area (Å²) >= 11 is 0. The molecule has 1 aliphatic heterocycles. The average molecular weight is 489 g/mol. The summed E-state index contributed by atoms with van der Waals surface area (Å²) in [5.74, 6) is 0.513. The molecule has 184 valence electrons. The van der Waals surface area contributed by atoms with Crippen LogP contribution < -0.4 is 15.0 Å². The summed E-state index contributed by atoms with van der Waals surface area (Å²) in [5, 5.41) is 2.95. The second-order valence-electron chi connectivity index (χ2n) is 9.25. The number of ether oxygens (including phenoxy) is 1. The van der Waals surface area contributed by atoms with Crippen LogP contribution >= 0.6 is 0 Å². The maximum Gasteiger partial charge on any atom is 0.294 e. The molecule has 1 aliphatic rings. The van der Waals surface area contributed by atoms with Crippen LogP contribution in [0.2, 0.25) is 0 Å². The average Bonchev–Trinajstić information content (AvgIpc) is 2.91. The number of para-hydroxylation sites is 2. The number of nitrogens with zero attached hydrogens (tertiary/aromatic N) is 1. The molecule has 37 heavy (non-hydrogen) atoms. The van der Waals surface area contributed by atoms with Gasteiger partial charge in [0.25, 0.3) is 11.8 Å². The topological polar surface area (TPSA) is 58.6 Å².